The number of thiazole rings is 1. The minimum absolute atomic E-state index is 0.0162. The third-order valence-electron chi connectivity index (χ3n) is 6.78. The van der Waals surface area contributed by atoms with Gasteiger partial charge in [0.25, 0.3) is 5.91 Å². The van der Waals surface area contributed by atoms with Gasteiger partial charge in [-0.2, -0.15) is 0 Å². The topological polar surface area (TPSA) is 80.5 Å². The number of ether oxygens (including phenoxy) is 1. The van der Waals surface area contributed by atoms with Gasteiger partial charge in [-0.05, 0) is 43.7 Å². The zero-order chi connectivity index (χ0) is 20.8. The SMILES string of the molecule is O=C(c1cc(-c2nccs2)c2oc(CC3CC4CCC(C3)N4)nc2c1)N1CCOCC1. The van der Waals surface area contributed by atoms with Gasteiger partial charge in [-0.25, -0.2) is 9.97 Å². The number of amides is 1. The number of fused-ring (bicyclic) bond motifs is 3. The van der Waals surface area contributed by atoms with Crippen molar-refractivity contribution in [1.82, 2.24) is 20.2 Å². The summed E-state index contributed by atoms with van der Waals surface area (Å²) in [4.78, 5) is 24.3. The number of carbonyl (C=O) groups excluding carboxylic acids is 1. The molecule has 3 saturated heterocycles. The van der Waals surface area contributed by atoms with Gasteiger partial charge >= 0.3 is 0 Å². The molecule has 0 saturated carbocycles. The number of carbonyl (C=O) groups is 1. The summed E-state index contributed by atoms with van der Waals surface area (Å²) in [6.45, 7) is 2.40. The summed E-state index contributed by atoms with van der Waals surface area (Å²) >= 11 is 1.55. The van der Waals surface area contributed by atoms with Crippen molar-refractivity contribution in [2.45, 2.75) is 44.2 Å². The molecular weight excluding hydrogens is 412 g/mol. The van der Waals surface area contributed by atoms with Gasteiger partial charge in [-0.1, -0.05) is 0 Å². The third-order valence-corrected chi connectivity index (χ3v) is 7.58. The first kappa shape index (κ1) is 19.4. The Kier molecular flexibility index (Phi) is 5.01. The monoisotopic (exact) mass is 438 g/mol. The van der Waals surface area contributed by atoms with Crippen molar-refractivity contribution in [2.75, 3.05) is 26.3 Å². The fraction of sp³-hybridized carbons (Fsp3) is 0.522. The Bertz CT molecular complexity index is 1080. The fourth-order valence-electron chi connectivity index (χ4n) is 5.34. The quantitative estimate of drug-likeness (QED) is 0.672. The Balaban J connectivity index is 1.34. The summed E-state index contributed by atoms with van der Waals surface area (Å²) in [5, 5.41) is 6.50. The van der Waals surface area contributed by atoms with E-state index in [-0.39, 0.29) is 5.91 Å². The first-order valence-corrected chi connectivity index (χ1v) is 12.1. The number of oxazole rings is 1. The Labute approximate surface area is 184 Å². The van der Waals surface area contributed by atoms with Crippen molar-refractivity contribution in [3.05, 3.63) is 35.2 Å². The number of piperidine rings is 1. The molecule has 0 spiro atoms. The van der Waals surface area contributed by atoms with Gasteiger partial charge in [0.15, 0.2) is 11.5 Å². The summed E-state index contributed by atoms with van der Waals surface area (Å²) in [5.41, 5.74) is 2.98. The van der Waals surface area contributed by atoms with Crippen LogP contribution in [-0.2, 0) is 11.2 Å². The van der Waals surface area contributed by atoms with E-state index in [0.717, 1.165) is 34.0 Å². The van der Waals surface area contributed by atoms with E-state index in [1.54, 1.807) is 17.5 Å². The summed E-state index contributed by atoms with van der Waals surface area (Å²) in [6.07, 6.45) is 7.59. The van der Waals surface area contributed by atoms with E-state index >= 15 is 0 Å². The molecule has 7 nitrogen and oxygen atoms in total. The van der Waals surface area contributed by atoms with Crippen LogP contribution in [0.3, 0.4) is 0 Å². The van der Waals surface area contributed by atoms with Crippen LogP contribution in [-0.4, -0.2) is 59.2 Å². The highest BCUT2D eigenvalue weighted by atomic mass is 32.1. The molecule has 2 unspecified atom stereocenters. The predicted octanol–water partition coefficient (Wildman–Crippen LogP) is 3.50. The van der Waals surface area contributed by atoms with Crippen LogP contribution < -0.4 is 5.32 Å². The number of hydrogen-bond donors (Lipinski definition) is 1. The lowest BCUT2D eigenvalue weighted by Gasteiger charge is -2.28. The van der Waals surface area contributed by atoms with Crippen molar-refractivity contribution in [3.8, 4) is 10.6 Å². The second-order valence-corrected chi connectivity index (χ2v) is 9.80. The zero-order valence-electron chi connectivity index (χ0n) is 17.4. The van der Waals surface area contributed by atoms with Crippen LogP contribution >= 0.6 is 11.3 Å². The zero-order valence-corrected chi connectivity index (χ0v) is 18.2. The van der Waals surface area contributed by atoms with Crippen molar-refractivity contribution in [3.63, 3.8) is 0 Å². The van der Waals surface area contributed by atoms with E-state index in [9.17, 15) is 4.79 Å². The molecular formula is C23H26N4O3S. The van der Waals surface area contributed by atoms with Crippen molar-refractivity contribution >= 4 is 28.3 Å². The van der Waals surface area contributed by atoms with Crippen molar-refractivity contribution in [1.29, 1.82) is 0 Å². The van der Waals surface area contributed by atoms with E-state index < -0.39 is 0 Å². The van der Waals surface area contributed by atoms with Gasteiger partial charge in [-0.15, -0.1) is 11.3 Å². The highest BCUT2D eigenvalue weighted by molar-refractivity contribution is 7.13. The molecule has 31 heavy (non-hydrogen) atoms. The standard InChI is InChI=1S/C23H26N4O3S/c28-23(27-4-6-29-7-5-27)15-12-18(22-24-3-8-31-22)21-19(13-15)26-20(30-21)11-14-9-16-1-2-17(10-14)25-16/h3,8,12-14,16-17,25H,1-2,4-7,9-11H2. The molecule has 3 aliphatic heterocycles. The molecule has 1 aromatic carbocycles. The van der Waals surface area contributed by atoms with Gasteiger partial charge in [0.2, 0.25) is 0 Å². The van der Waals surface area contributed by atoms with Crippen LogP contribution in [0, 0.1) is 5.92 Å². The molecule has 0 aliphatic carbocycles. The summed E-state index contributed by atoms with van der Waals surface area (Å²) in [6, 6.07) is 5.09. The average molecular weight is 439 g/mol. The molecule has 5 heterocycles. The Morgan fingerprint density at radius 2 is 2.00 bits per heavy atom. The number of rotatable bonds is 4. The first-order valence-electron chi connectivity index (χ1n) is 11.2. The van der Waals surface area contributed by atoms with Crippen LogP contribution in [0.4, 0.5) is 0 Å². The maximum Gasteiger partial charge on any atom is 0.254 e. The second-order valence-electron chi connectivity index (χ2n) is 8.90. The van der Waals surface area contributed by atoms with Crippen LogP contribution in [0.25, 0.3) is 21.7 Å². The predicted molar refractivity (Wildman–Crippen MR) is 118 cm³/mol. The van der Waals surface area contributed by atoms with E-state index in [4.69, 9.17) is 14.1 Å². The molecule has 2 bridgehead atoms. The van der Waals surface area contributed by atoms with E-state index in [1.165, 1.54) is 25.7 Å². The number of morpholine rings is 1. The summed E-state index contributed by atoms with van der Waals surface area (Å²) < 4.78 is 11.7. The maximum absolute atomic E-state index is 13.2. The summed E-state index contributed by atoms with van der Waals surface area (Å²) in [5.74, 6) is 1.39. The molecule has 1 N–H and O–H groups in total. The van der Waals surface area contributed by atoms with Gasteiger partial charge in [-0.3, -0.25) is 4.79 Å². The van der Waals surface area contributed by atoms with Crippen LogP contribution in [0.5, 0.6) is 0 Å². The van der Waals surface area contributed by atoms with Crippen LogP contribution in [0.1, 0.15) is 41.9 Å². The summed E-state index contributed by atoms with van der Waals surface area (Å²) in [7, 11) is 0. The molecule has 3 aliphatic rings. The first-order chi connectivity index (χ1) is 15.2. The highest BCUT2D eigenvalue weighted by Gasteiger charge is 2.34. The minimum atomic E-state index is 0.0162. The van der Waals surface area contributed by atoms with Gasteiger partial charge < -0.3 is 19.4 Å². The molecule has 3 fully saturated rings. The number of hydrogen-bond acceptors (Lipinski definition) is 7. The molecule has 1 amide bonds. The lowest BCUT2D eigenvalue weighted by atomic mass is 9.90. The Morgan fingerprint density at radius 1 is 1.19 bits per heavy atom. The lowest BCUT2D eigenvalue weighted by molar-refractivity contribution is 0.0303. The number of nitrogens with zero attached hydrogens (tertiary/aromatic N) is 3. The molecule has 6 rings (SSSR count). The molecule has 2 atom stereocenters. The lowest BCUT2D eigenvalue weighted by Crippen LogP contribution is -2.40. The maximum atomic E-state index is 13.2. The van der Waals surface area contributed by atoms with E-state index in [0.29, 0.717) is 49.9 Å². The van der Waals surface area contributed by atoms with E-state index in [1.807, 2.05) is 22.4 Å². The number of nitrogens with one attached hydrogen (secondary N) is 1. The molecule has 162 valence electrons. The molecule has 8 heteroatoms. The molecule has 0 radical (unpaired) electrons. The van der Waals surface area contributed by atoms with Crippen LogP contribution in [0.2, 0.25) is 0 Å². The van der Waals surface area contributed by atoms with Gasteiger partial charge in [0.1, 0.15) is 10.5 Å². The second kappa shape index (κ2) is 8.00. The van der Waals surface area contributed by atoms with Crippen molar-refractivity contribution < 1.29 is 13.9 Å². The average Bonchev–Trinajstić information content (AvgIpc) is 3.53. The third kappa shape index (κ3) is 3.77. The van der Waals surface area contributed by atoms with Gasteiger partial charge in [0, 0.05) is 48.7 Å². The molecule has 2 aromatic heterocycles. The Hall–Kier alpha value is -2.29. The fourth-order valence-corrected chi connectivity index (χ4v) is 5.99. The normalized spacial score (nSPS) is 25.9. The minimum Gasteiger partial charge on any atom is -0.440 e. The van der Waals surface area contributed by atoms with Crippen molar-refractivity contribution in [2.24, 2.45) is 5.92 Å². The number of benzene rings is 1. The molecule has 3 aromatic rings. The Morgan fingerprint density at radius 3 is 2.74 bits per heavy atom. The smallest absolute Gasteiger partial charge is 0.254 e. The highest BCUT2D eigenvalue weighted by Crippen LogP contribution is 2.36. The largest absolute Gasteiger partial charge is 0.440 e. The van der Waals surface area contributed by atoms with E-state index in [2.05, 4.69) is 10.3 Å². The van der Waals surface area contributed by atoms with Crippen LogP contribution in [0.15, 0.2) is 28.1 Å². The number of aromatic nitrogens is 2. The van der Waals surface area contributed by atoms with Gasteiger partial charge in [0.05, 0.1) is 18.8 Å².